The highest BCUT2D eigenvalue weighted by molar-refractivity contribution is 6.07. The van der Waals surface area contributed by atoms with E-state index in [0.29, 0.717) is 17.5 Å². The average molecular weight is 336 g/mol. The van der Waals surface area contributed by atoms with Crippen LogP contribution in [0.5, 0.6) is 0 Å². The van der Waals surface area contributed by atoms with Crippen molar-refractivity contribution in [1.29, 1.82) is 0 Å². The lowest BCUT2D eigenvalue weighted by Gasteiger charge is -2.37. The molecule has 2 saturated carbocycles. The highest BCUT2D eigenvalue weighted by Gasteiger charge is 2.67. The maximum Gasteiger partial charge on any atom is 0.235 e. The maximum absolute atomic E-state index is 13.0. The summed E-state index contributed by atoms with van der Waals surface area (Å²) in [7, 11) is 0. The Morgan fingerprint density at radius 1 is 1.04 bits per heavy atom. The van der Waals surface area contributed by atoms with Gasteiger partial charge in [0, 0.05) is 12.6 Å². The van der Waals surface area contributed by atoms with Crippen LogP contribution in [0.15, 0.2) is 42.5 Å². The smallest absolute Gasteiger partial charge is 0.235 e. The Kier molecular flexibility index (Phi) is 3.00. The molecule has 1 aromatic carbocycles. The normalized spacial score (nSPS) is 37.1. The van der Waals surface area contributed by atoms with Gasteiger partial charge in [-0.15, -0.1) is 0 Å². The molecule has 0 aromatic heterocycles. The minimum absolute atomic E-state index is 0.0127. The molecule has 25 heavy (non-hydrogen) atoms. The molecule has 128 valence electrons. The van der Waals surface area contributed by atoms with E-state index in [1.807, 2.05) is 30.3 Å². The second-order valence-electron chi connectivity index (χ2n) is 7.68. The number of nitrogens with zero attached hydrogens (tertiary/aromatic N) is 2. The van der Waals surface area contributed by atoms with Gasteiger partial charge in [-0.2, -0.15) is 0 Å². The SMILES string of the molecule is CC(=O)N(CN1C(=O)[C@@H]2[C@H]3C=C[C@@H]([C@@H]4C[C@@H]34)[C@H]2C1=O)c1ccccc1. The second kappa shape index (κ2) is 5.04. The van der Waals surface area contributed by atoms with Crippen molar-refractivity contribution in [3.8, 4) is 0 Å². The number of para-hydroxylation sites is 1. The van der Waals surface area contributed by atoms with Gasteiger partial charge in [-0.25, -0.2) is 0 Å². The molecule has 5 nitrogen and oxygen atoms in total. The van der Waals surface area contributed by atoms with E-state index < -0.39 is 0 Å². The first-order valence-corrected chi connectivity index (χ1v) is 8.94. The number of amides is 3. The minimum atomic E-state index is -0.212. The second-order valence-corrected chi connectivity index (χ2v) is 7.68. The standard InChI is InChI=1S/C20H20N2O3/c1-11(23)21(12-5-3-2-4-6-12)10-22-19(24)17-13-7-8-14(16-9-15(13)16)18(17)20(22)25/h2-8,13-18H,9-10H2,1H3/t13-,14-,15-,16-,17+,18+/m0/s1. The Labute approximate surface area is 146 Å². The van der Waals surface area contributed by atoms with Crippen molar-refractivity contribution in [3.63, 3.8) is 0 Å². The molecule has 5 heteroatoms. The highest BCUT2D eigenvalue weighted by Crippen LogP contribution is 2.65. The molecule has 6 rings (SSSR count). The first-order chi connectivity index (χ1) is 12.1. The molecule has 1 aromatic rings. The van der Waals surface area contributed by atoms with Crippen LogP contribution in [-0.4, -0.2) is 29.3 Å². The number of hydrogen-bond donors (Lipinski definition) is 0. The lowest BCUT2D eigenvalue weighted by atomic mass is 9.63. The lowest BCUT2D eigenvalue weighted by molar-refractivity contribution is -0.140. The van der Waals surface area contributed by atoms with Crippen LogP contribution in [0.25, 0.3) is 0 Å². The Balaban J connectivity index is 1.45. The molecule has 3 amide bonds. The number of benzene rings is 1. The van der Waals surface area contributed by atoms with Crippen molar-refractivity contribution >= 4 is 23.4 Å². The fourth-order valence-corrected chi connectivity index (χ4v) is 5.27. The van der Waals surface area contributed by atoms with Gasteiger partial charge in [0.25, 0.3) is 0 Å². The number of imide groups is 1. The summed E-state index contributed by atoms with van der Waals surface area (Å²) in [6, 6.07) is 9.20. The number of rotatable bonds is 3. The number of anilines is 1. The van der Waals surface area contributed by atoms with Crippen molar-refractivity contribution in [1.82, 2.24) is 4.90 Å². The van der Waals surface area contributed by atoms with Crippen LogP contribution in [-0.2, 0) is 14.4 Å². The van der Waals surface area contributed by atoms with Crippen LogP contribution in [0.3, 0.4) is 0 Å². The third kappa shape index (κ3) is 1.98. The molecule has 0 spiro atoms. The molecule has 1 aliphatic heterocycles. The van der Waals surface area contributed by atoms with Crippen molar-refractivity contribution in [2.45, 2.75) is 13.3 Å². The summed E-state index contributed by atoms with van der Waals surface area (Å²) in [6.45, 7) is 1.48. The van der Waals surface area contributed by atoms with Crippen LogP contribution in [0, 0.1) is 35.5 Å². The minimum Gasteiger partial charge on any atom is -0.294 e. The van der Waals surface area contributed by atoms with Gasteiger partial charge >= 0.3 is 0 Å². The van der Waals surface area contributed by atoms with Crippen molar-refractivity contribution in [2.75, 3.05) is 11.6 Å². The molecular formula is C20H20N2O3. The molecule has 2 bridgehead atoms. The van der Waals surface area contributed by atoms with Gasteiger partial charge in [0.2, 0.25) is 17.7 Å². The van der Waals surface area contributed by atoms with E-state index in [4.69, 9.17) is 0 Å². The van der Waals surface area contributed by atoms with Crippen LogP contribution in [0.1, 0.15) is 13.3 Å². The summed E-state index contributed by atoms with van der Waals surface area (Å²) < 4.78 is 0. The summed E-state index contributed by atoms with van der Waals surface area (Å²) in [5.41, 5.74) is 0.703. The monoisotopic (exact) mass is 336 g/mol. The van der Waals surface area contributed by atoms with Crippen LogP contribution >= 0.6 is 0 Å². The average Bonchev–Trinajstić information content (AvgIpc) is 3.40. The Bertz CT molecular complexity index is 766. The van der Waals surface area contributed by atoms with Gasteiger partial charge in [0.1, 0.15) is 6.67 Å². The number of carbonyl (C=O) groups is 3. The van der Waals surface area contributed by atoms with E-state index in [2.05, 4.69) is 12.2 Å². The predicted octanol–water partition coefficient (Wildman–Crippen LogP) is 2.05. The number of hydrogen-bond acceptors (Lipinski definition) is 3. The Morgan fingerprint density at radius 3 is 2.12 bits per heavy atom. The summed E-state index contributed by atoms with van der Waals surface area (Å²) in [5, 5.41) is 0. The molecule has 6 atom stereocenters. The molecule has 0 unspecified atom stereocenters. The largest absolute Gasteiger partial charge is 0.294 e. The molecule has 5 aliphatic rings. The Morgan fingerprint density at radius 2 is 1.60 bits per heavy atom. The van der Waals surface area contributed by atoms with Gasteiger partial charge in [-0.3, -0.25) is 24.2 Å². The number of carbonyl (C=O) groups excluding carboxylic acids is 3. The van der Waals surface area contributed by atoms with E-state index in [0.717, 1.165) is 6.42 Å². The van der Waals surface area contributed by atoms with Crippen LogP contribution < -0.4 is 4.90 Å². The molecule has 1 saturated heterocycles. The first kappa shape index (κ1) is 14.9. The molecule has 0 N–H and O–H groups in total. The third-order valence-corrected chi connectivity index (χ3v) is 6.48. The Hall–Kier alpha value is -2.43. The van der Waals surface area contributed by atoms with Crippen molar-refractivity contribution in [2.24, 2.45) is 35.5 Å². The van der Waals surface area contributed by atoms with Crippen LogP contribution in [0.2, 0.25) is 0 Å². The summed E-state index contributed by atoms with van der Waals surface area (Å²) in [4.78, 5) is 41.0. The van der Waals surface area contributed by atoms with E-state index >= 15 is 0 Å². The summed E-state index contributed by atoms with van der Waals surface area (Å²) in [5.74, 6) is 0.811. The zero-order valence-electron chi connectivity index (χ0n) is 14.0. The van der Waals surface area contributed by atoms with Gasteiger partial charge in [-0.05, 0) is 42.2 Å². The molecule has 0 radical (unpaired) electrons. The van der Waals surface area contributed by atoms with Crippen LogP contribution in [0.4, 0.5) is 5.69 Å². The van der Waals surface area contributed by atoms with E-state index in [1.165, 1.54) is 16.7 Å². The van der Waals surface area contributed by atoms with Crippen molar-refractivity contribution < 1.29 is 14.4 Å². The summed E-state index contributed by atoms with van der Waals surface area (Å²) in [6.07, 6.45) is 5.47. The zero-order valence-corrected chi connectivity index (χ0v) is 14.0. The summed E-state index contributed by atoms with van der Waals surface area (Å²) >= 11 is 0. The topological polar surface area (TPSA) is 57.7 Å². The fourth-order valence-electron chi connectivity index (χ4n) is 5.27. The van der Waals surface area contributed by atoms with E-state index in [1.54, 1.807) is 0 Å². The molecule has 4 aliphatic carbocycles. The quantitative estimate of drug-likeness (QED) is 0.627. The van der Waals surface area contributed by atoms with E-state index in [-0.39, 0.29) is 48.1 Å². The lowest BCUT2D eigenvalue weighted by Crippen LogP contribution is -2.44. The van der Waals surface area contributed by atoms with E-state index in [9.17, 15) is 14.4 Å². The maximum atomic E-state index is 13.0. The first-order valence-electron chi connectivity index (χ1n) is 8.94. The van der Waals surface area contributed by atoms with Gasteiger partial charge < -0.3 is 0 Å². The zero-order chi connectivity index (χ0) is 17.3. The third-order valence-electron chi connectivity index (χ3n) is 6.48. The van der Waals surface area contributed by atoms with Gasteiger partial charge in [0.15, 0.2) is 0 Å². The molecule has 3 fully saturated rings. The molecular weight excluding hydrogens is 316 g/mol. The molecule has 1 heterocycles. The number of likely N-dealkylation sites (tertiary alicyclic amines) is 1. The van der Waals surface area contributed by atoms with Gasteiger partial charge in [-0.1, -0.05) is 30.4 Å². The highest BCUT2D eigenvalue weighted by atomic mass is 16.2. The number of allylic oxidation sites excluding steroid dienone is 2. The fraction of sp³-hybridized carbons (Fsp3) is 0.450. The van der Waals surface area contributed by atoms with Crippen molar-refractivity contribution in [3.05, 3.63) is 42.5 Å². The predicted molar refractivity (Wildman–Crippen MR) is 91.0 cm³/mol. The van der Waals surface area contributed by atoms with Gasteiger partial charge in [0.05, 0.1) is 11.8 Å².